The van der Waals surface area contributed by atoms with Crippen molar-refractivity contribution < 1.29 is 32.3 Å². The van der Waals surface area contributed by atoms with Gasteiger partial charge in [-0.25, -0.2) is 27.8 Å². The number of nitrogens with one attached hydrogen (secondary N) is 3. The second kappa shape index (κ2) is 14.0. The number of hydrogen-bond acceptors (Lipinski definition) is 7. The third-order valence-electron chi connectivity index (χ3n) is 8.96. The Balaban J connectivity index is 1.38. The lowest BCUT2D eigenvalue weighted by atomic mass is 9.86. The SMILES string of the molecule is Cc1ccc(C(=O)Nc2ccc(C)c(-c3nc(NC4CCC(C(=O)OC(C)(C)C)CC4)nc4c3CNC(=O)N4c3c(F)cccc3F)c2)cc1F. The molecule has 0 spiro atoms. The van der Waals surface area contributed by atoms with Crippen molar-refractivity contribution in [2.75, 3.05) is 15.5 Å². The molecule has 1 aromatic heterocycles. The number of amides is 3. The lowest BCUT2D eigenvalue weighted by molar-refractivity contribution is -0.161. The molecule has 3 N–H and O–H groups in total. The van der Waals surface area contributed by atoms with Crippen LogP contribution >= 0.6 is 0 Å². The van der Waals surface area contributed by atoms with E-state index < -0.39 is 40.7 Å². The minimum Gasteiger partial charge on any atom is -0.460 e. The van der Waals surface area contributed by atoms with Gasteiger partial charge in [-0.3, -0.25) is 9.59 Å². The van der Waals surface area contributed by atoms with E-state index in [9.17, 15) is 18.8 Å². The fourth-order valence-corrected chi connectivity index (χ4v) is 6.29. The molecule has 0 bridgehead atoms. The van der Waals surface area contributed by atoms with Crippen molar-refractivity contribution in [3.05, 3.63) is 94.3 Å². The predicted molar refractivity (Wildman–Crippen MR) is 187 cm³/mol. The summed E-state index contributed by atoms with van der Waals surface area (Å²) in [5, 5.41) is 8.83. The van der Waals surface area contributed by atoms with Gasteiger partial charge in [0.05, 0.1) is 18.2 Å². The number of halogens is 3. The van der Waals surface area contributed by atoms with Gasteiger partial charge in [0.15, 0.2) is 5.82 Å². The van der Waals surface area contributed by atoms with Gasteiger partial charge >= 0.3 is 12.0 Å². The van der Waals surface area contributed by atoms with Crippen molar-refractivity contribution in [1.29, 1.82) is 0 Å². The molecule has 13 heteroatoms. The summed E-state index contributed by atoms with van der Waals surface area (Å²) in [6, 6.07) is 11.8. The van der Waals surface area contributed by atoms with Crippen LogP contribution in [0.4, 0.5) is 41.1 Å². The number of aromatic nitrogens is 2. The second-order valence-corrected chi connectivity index (χ2v) is 13.9. The third-order valence-corrected chi connectivity index (χ3v) is 8.96. The molecule has 3 amide bonds. The summed E-state index contributed by atoms with van der Waals surface area (Å²) in [4.78, 5) is 49.5. The van der Waals surface area contributed by atoms with E-state index in [0.717, 1.165) is 22.6 Å². The quantitative estimate of drug-likeness (QED) is 0.166. The summed E-state index contributed by atoms with van der Waals surface area (Å²) in [5.74, 6) is -3.32. The van der Waals surface area contributed by atoms with Crippen molar-refractivity contribution in [1.82, 2.24) is 15.3 Å². The van der Waals surface area contributed by atoms with E-state index in [1.54, 1.807) is 25.1 Å². The molecule has 2 aliphatic rings. The Labute approximate surface area is 293 Å². The van der Waals surface area contributed by atoms with E-state index >= 15 is 8.78 Å². The number of fused-ring (bicyclic) bond motifs is 1. The van der Waals surface area contributed by atoms with E-state index in [1.165, 1.54) is 24.3 Å². The van der Waals surface area contributed by atoms with Crippen LogP contribution in [0.1, 0.15) is 73.5 Å². The average molecular weight is 701 g/mol. The largest absolute Gasteiger partial charge is 0.460 e. The lowest BCUT2D eigenvalue weighted by Gasteiger charge is -2.32. The van der Waals surface area contributed by atoms with Crippen LogP contribution in [0.15, 0.2) is 54.6 Å². The highest BCUT2D eigenvalue weighted by Crippen LogP contribution is 2.40. The van der Waals surface area contributed by atoms with Gasteiger partial charge in [0.2, 0.25) is 5.95 Å². The first-order valence-electron chi connectivity index (χ1n) is 16.8. The third kappa shape index (κ3) is 7.67. The van der Waals surface area contributed by atoms with E-state index in [0.29, 0.717) is 53.8 Å². The zero-order chi connectivity index (χ0) is 36.6. The van der Waals surface area contributed by atoms with Gasteiger partial charge in [-0.2, -0.15) is 4.98 Å². The number of nitrogens with zero attached hydrogens (tertiary/aromatic N) is 3. The summed E-state index contributed by atoms with van der Waals surface area (Å²) in [6.45, 7) is 8.89. The Morgan fingerprint density at radius 2 is 1.59 bits per heavy atom. The van der Waals surface area contributed by atoms with Crippen LogP contribution in [0, 0.1) is 37.2 Å². The van der Waals surface area contributed by atoms with Crippen molar-refractivity contribution in [2.45, 2.75) is 78.5 Å². The highest BCUT2D eigenvalue weighted by molar-refractivity contribution is 6.05. The number of carbonyl (C=O) groups excluding carboxylic acids is 3. The predicted octanol–water partition coefficient (Wildman–Crippen LogP) is 8.10. The summed E-state index contributed by atoms with van der Waals surface area (Å²) >= 11 is 0. The molecule has 0 saturated heterocycles. The average Bonchev–Trinajstić information content (AvgIpc) is 3.07. The fourth-order valence-electron chi connectivity index (χ4n) is 6.29. The van der Waals surface area contributed by atoms with Crippen LogP contribution in [-0.2, 0) is 16.1 Å². The maximum Gasteiger partial charge on any atom is 0.328 e. The maximum absolute atomic E-state index is 15.2. The van der Waals surface area contributed by atoms with Crippen LogP contribution in [0.3, 0.4) is 0 Å². The van der Waals surface area contributed by atoms with Crippen LogP contribution < -0.4 is 20.9 Å². The molecule has 1 aliphatic carbocycles. The van der Waals surface area contributed by atoms with E-state index in [2.05, 4.69) is 20.9 Å². The van der Waals surface area contributed by atoms with Crippen molar-refractivity contribution in [3.8, 4) is 11.3 Å². The molecule has 10 nitrogen and oxygen atoms in total. The summed E-state index contributed by atoms with van der Waals surface area (Å²) < 4.78 is 50.2. The first-order chi connectivity index (χ1) is 24.2. The number of hydrogen-bond donors (Lipinski definition) is 3. The van der Waals surface area contributed by atoms with Gasteiger partial charge in [-0.05, 0) is 108 Å². The Kier molecular flexibility index (Phi) is 9.74. The van der Waals surface area contributed by atoms with E-state index in [-0.39, 0.29) is 41.8 Å². The fraction of sp³-hybridized carbons (Fsp3) is 0.342. The Hall–Kier alpha value is -5.46. The smallest absolute Gasteiger partial charge is 0.328 e. The van der Waals surface area contributed by atoms with E-state index in [1.807, 2.05) is 27.7 Å². The van der Waals surface area contributed by atoms with Gasteiger partial charge in [0.1, 0.15) is 28.7 Å². The minimum atomic E-state index is -0.957. The molecule has 0 unspecified atom stereocenters. The van der Waals surface area contributed by atoms with Crippen LogP contribution in [0.25, 0.3) is 11.3 Å². The normalized spacial score (nSPS) is 17.3. The van der Waals surface area contributed by atoms with E-state index in [4.69, 9.17) is 9.72 Å². The molecule has 0 atom stereocenters. The zero-order valence-corrected chi connectivity index (χ0v) is 29.0. The van der Waals surface area contributed by atoms with Gasteiger partial charge in [-0.15, -0.1) is 0 Å². The molecule has 1 fully saturated rings. The number of urea groups is 1. The van der Waals surface area contributed by atoms with Gasteiger partial charge in [0, 0.05) is 28.4 Å². The molecule has 1 saturated carbocycles. The zero-order valence-electron chi connectivity index (χ0n) is 29.0. The molecule has 3 aromatic carbocycles. The van der Waals surface area contributed by atoms with Crippen LogP contribution in [0.5, 0.6) is 0 Å². The highest BCUT2D eigenvalue weighted by atomic mass is 19.1. The molecular weight excluding hydrogens is 661 g/mol. The summed E-state index contributed by atoms with van der Waals surface area (Å²) in [5.41, 5.74) is 1.82. The number of ether oxygens (including phenoxy) is 1. The monoisotopic (exact) mass is 700 g/mol. The Morgan fingerprint density at radius 3 is 2.25 bits per heavy atom. The van der Waals surface area contributed by atoms with Gasteiger partial charge < -0.3 is 20.7 Å². The molecule has 6 rings (SSSR count). The number of para-hydroxylation sites is 1. The Bertz CT molecular complexity index is 2000. The molecule has 2 heterocycles. The summed E-state index contributed by atoms with van der Waals surface area (Å²) in [7, 11) is 0. The highest BCUT2D eigenvalue weighted by Gasteiger charge is 2.35. The molecule has 0 radical (unpaired) electrons. The number of esters is 1. The van der Waals surface area contributed by atoms with Gasteiger partial charge in [0.25, 0.3) is 5.91 Å². The van der Waals surface area contributed by atoms with Gasteiger partial charge in [-0.1, -0.05) is 18.2 Å². The number of anilines is 4. The molecule has 4 aromatic rings. The lowest BCUT2D eigenvalue weighted by Crippen LogP contribution is -2.43. The minimum absolute atomic E-state index is 0.0124. The van der Waals surface area contributed by atoms with Crippen molar-refractivity contribution in [3.63, 3.8) is 0 Å². The van der Waals surface area contributed by atoms with Crippen LogP contribution in [-0.4, -0.2) is 39.5 Å². The first-order valence-corrected chi connectivity index (χ1v) is 16.8. The molecule has 1 aliphatic heterocycles. The number of aryl methyl sites for hydroxylation is 2. The molecule has 51 heavy (non-hydrogen) atoms. The standard InChI is InChI=1S/C38H39F3N6O4/c1-20-10-14-25(43-34(48)23-11-9-21(2)30(41)17-23)18-26(20)31-27-19-42-37(50)47(32-28(39)7-6-8-29(32)40)33(27)46-36(45-31)44-24-15-12-22(13-16-24)35(49)51-38(3,4)5/h6-11,14,17-18,22,24H,12-13,15-16,19H2,1-5H3,(H,42,50)(H,43,48)(H,44,45,46). The topological polar surface area (TPSA) is 126 Å². The number of carbonyl (C=O) groups is 3. The first kappa shape index (κ1) is 35.4. The second-order valence-electron chi connectivity index (χ2n) is 13.9. The van der Waals surface area contributed by atoms with Crippen molar-refractivity contribution >= 4 is 41.0 Å². The number of rotatable bonds is 7. The summed E-state index contributed by atoms with van der Waals surface area (Å²) in [6.07, 6.45) is 2.36. The molecular formula is C38H39F3N6O4. The van der Waals surface area contributed by atoms with Crippen molar-refractivity contribution in [2.24, 2.45) is 5.92 Å². The molecule has 266 valence electrons. The number of benzene rings is 3. The Morgan fingerprint density at radius 1 is 0.902 bits per heavy atom. The maximum atomic E-state index is 15.2. The van der Waals surface area contributed by atoms with Crippen LogP contribution in [0.2, 0.25) is 0 Å².